The summed E-state index contributed by atoms with van der Waals surface area (Å²) in [6, 6.07) is 5.97. The van der Waals surface area contributed by atoms with E-state index in [1.807, 2.05) is 0 Å². The van der Waals surface area contributed by atoms with Crippen LogP contribution in [0, 0.1) is 5.82 Å². The van der Waals surface area contributed by atoms with Crippen molar-refractivity contribution < 1.29 is 14.3 Å². The average Bonchev–Trinajstić information content (AvgIpc) is 3.04. The quantitative estimate of drug-likeness (QED) is 0.887. The summed E-state index contributed by atoms with van der Waals surface area (Å²) in [6.45, 7) is 5.08. The van der Waals surface area contributed by atoms with Crippen molar-refractivity contribution in [2.24, 2.45) is 0 Å². The lowest BCUT2D eigenvalue weighted by molar-refractivity contribution is 0.0555. The minimum absolute atomic E-state index is 0.0835. The standard InChI is InChI=1S/C17H21FN4O2/c1-12(23)11-21-6-8-22(9-7-21)17(24)15-10-19-20-16(15)13-2-4-14(18)5-3-13/h2-5,10,12,23H,6-9,11H2,1H3,(H,19,20). The molecule has 1 aromatic carbocycles. The third-order valence-electron chi connectivity index (χ3n) is 4.18. The molecule has 1 aromatic heterocycles. The molecule has 2 heterocycles. The molecular weight excluding hydrogens is 311 g/mol. The maximum Gasteiger partial charge on any atom is 0.257 e. The monoisotopic (exact) mass is 332 g/mol. The summed E-state index contributed by atoms with van der Waals surface area (Å²) < 4.78 is 13.1. The molecule has 1 aliphatic heterocycles. The van der Waals surface area contributed by atoms with E-state index in [0.717, 1.165) is 18.7 Å². The first-order valence-corrected chi connectivity index (χ1v) is 8.03. The number of amides is 1. The van der Waals surface area contributed by atoms with Gasteiger partial charge in [-0.05, 0) is 31.2 Å². The van der Waals surface area contributed by atoms with Crippen LogP contribution in [-0.2, 0) is 0 Å². The van der Waals surface area contributed by atoms with E-state index >= 15 is 0 Å². The Balaban J connectivity index is 1.71. The second-order valence-electron chi connectivity index (χ2n) is 6.11. The number of piperazine rings is 1. The van der Waals surface area contributed by atoms with Crippen LogP contribution in [0.3, 0.4) is 0 Å². The Morgan fingerprint density at radius 1 is 1.29 bits per heavy atom. The predicted octanol–water partition coefficient (Wildman–Crippen LogP) is 1.35. The molecule has 2 aromatic rings. The molecule has 1 atom stereocenters. The number of halogens is 1. The number of carbonyl (C=O) groups excluding carboxylic acids is 1. The highest BCUT2D eigenvalue weighted by atomic mass is 19.1. The lowest BCUT2D eigenvalue weighted by Crippen LogP contribution is -2.50. The minimum atomic E-state index is -0.369. The molecule has 0 radical (unpaired) electrons. The number of H-pyrrole nitrogens is 1. The molecule has 1 saturated heterocycles. The van der Waals surface area contributed by atoms with Gasteiger partial charge >= 0.3 is 0 Å². The number of aromatic amines is 1. The van der Waals surface area contributed by atoms with Gasteiger partial charge in [0.15, 0.2) is 0 Å². The zero-order valence-corrected chi connectivity index (χ0v) is 13.6. The van der Waals surface area contributed by atoms with Crippen LogP contribution in [0.4, 0.5) is 4.39 Å². The van der Waals surface area contributed by atoms with E-state index in [-0.39, 0.29) is 17.8 Å². The number of β-amino-alcohol motifs (C(OH)–C–C–N with tert-alkyl or cyclic N) is 1. The molecule has 24 heavy (non-hydrogen) atoms. The lowest BCUT2D eigenvalue weighted by atomic mass is 10.1. The van der Waals surface area contributed by atoms with Crippen molar-refractivity contribution in [2.45, 2.75) is 13.0 Å². The van der Waals surface area contributed by atoms with Crippen LogP contribution < -0.4 is 0 Å². The molecule has 1 aliphatic rings. The van der Waals surface area contributed by atoms with E-state index in [2.05, 4.69) is 15.1 Å². The van der Waals surface area contributed by atoms with Gasteiger partial charge in [0.25, 0.3) is 5.91 Å². The largest absolute Gasteiger partial charge is 0.392 e. The van der Waals surface area contributed by atoms with Crippen LogP contribution >= 0.6 is 0 Å². The van der Waals surface area contributed by atoms with E-state index < -0.39 is 0 Å². The summed E-state index contributed by atoms with van der Waals surface area (Å²) in [7, 11) is 0. The molecule has 2 N–H and O–H groups in total. The molecule has 128 valence electrons. The summed E-state index contributed by atoms with van der Waals surface area (Å²) in [5.74, 6) is -0.403. The Labute approximate surface area is 139 Å². The van der Waals surface area contributed by atoms with Gasteiger partial charge in [-0.1, -0.05) is 0 Å². The van der Waals surface area contributed by atoms with Crippen molar-refractivity contribution >= 4 is 5.91 Å². The fraction of sp³-hybridized carbons (Fsp3) is 0.412. The highest BCUT2D eigenvalue weighted by Crippen LogP contribution is 2.23. The number of hydrogen-bond acceptors (Lipinski definition) is 4. The van der Waals surface area contributed by atoms with Gasteiger partial charge in [0.1, 0.15) is 5.82 Å². The van der Waals surface area contributed by atoms with Crippen molar-refractivity contribution in [3.8, 4) is 11.3 Å². The van der Waals surface area contributed by atoms with E-state index in [0.29, 0.717) is 30.9 Å². The molecule has 3 rings (SSSR count). The third-order valence-corrected chi connectivity index (χ3v) is 4.18. The number of carbonyl (C=O) groups is 1. The maximum atomic E-state index is 13.1. The smallest absolute Gasteiger partial charge is 0.257 e. The normalized spacial score (nSPS) is 17.0. The summed E-state index contributed by atoms with van der Waals surface area (Å²) in [5, 5.41) is 16.3. The second-order valence-corrected chi connectivity index (χ2v) is 6.11. The van der Waals surface area contributed by atoms with Gasteiger partial charge in [-0.25, -0.2) is 4.39 Å². The maximum absolute atomic E-state index is 13.1. The number of aliphatic hydroxyl groups excluding tert-OH is 1. The number of rotatable bonds is 4. The summed E-state index contributed by atoms with van der Waals surface area (Å²) in [5.41, 5.74) is 1.82. The van der Waals surface area contributed by atoms with Crippen molar-refractivity contribution in [3.63, 3.8) is 0 Å². The fourth-order valence-corrected chi connectivity index (χ4v) is 2.96. The van der Waals surface area contributed by atoms with E-state index in [4.69, 9.17) is 0 Å². The zero-order chi connectivity index (χ0) is 17.1. The predicted molar refractivity (Wildman–Crippen MR) is 88.0 cm³/mol. The molecule has 6 nitrogen and oxygen atoms in total. The van der Waals surface area contributed by atoms with Crippen LogP contribution in [-0.4, -0.2) is 69.8 Å². The molecule has 0 saturated carbocycles. The topological polar surface area (TPSA) is 72.5 Å². The van der Waals surface area contributed by atoms with E-state index in [1.165, 1.54) is 18.3 Å². The number of nitrogens with zero attached hydrogens (tertiary/aromatic N) is 3. The Kier molecular flexibility index (Phi) is 4.92. The zero-order valence-electron chi connectivity index (χ0n) is 13.6. The van der Waals surface area contributed by atoms with Crippen LogP contribution in [0.25, 0.3) is 11.3 Å². The first-order valence-electron chi connectivity index (χ1n) is 8.03. The molecule has 1 amide bonds. The molecule has 0 bridgehead atoms. The van der Waals surface area contributed by atoms with Crippen molar-refractivity contribution in [2.75, 3.05) is 32.7 Å². The molecule has 1 fully saturated rings. The average molecular weight is 332 g/mol. The van der Waals surface area contributed by atoms with Crippen LogP contribution in [0.15, 0.2) is 30.5 Å². The van der Waals surface area contributed by atoms with Gasteiger partial charge in [0.2, 0.25) is 0 Å². The number of hydrogen-bond donors (Lipinski definition) is 2. The van der Waals surface area contributed by atoms with Gasteiger partial charge in [0, 0.05) is 38.3 Å². The summed E-state index contributed by atoms with van der Waals surface area (Å²) >= 11 is 0. The van der Waals surface area contributed by atoms with Gasteiger partial charge < -0.3 is 10.0 Å². The Hall–Kier alpha value is -2.25. The van der Waals surface area contributed by atoms with Gasteiger partial charge in [-0.2, -0.15) is 5.10 Å². The van der Waals surface area contributed by atoms with Gasteiger partial charge in [-0.15, -0.1) is 0 Å². The van der Waals surface area contributed by atoms with Crippen molar-refractivity contribution in [1.29, 1.82) is 0 Å². The van der Waals surface area contributed by atoms with E-state index in [1.54, 1.807) is 24.0 Å². The molecule has 7 heteroatoms. The van der Waals surface area contributed by atoms with Crippen molar-refractivity contribution in [3.05, 3.63) is 41.8 Å². The Bertz CT molecular complexity index is 691. The highest BCUT2D eigenvalue weighted by Gasteiger charge is 2.25. The first kappa shape index (κ1) is 16.6. The van der Waals surface area contributed by atoms with Crippen LogP contribution in [0.1, 0.15) is 17.3 Å². The SMILES string of the molecule is CC(O)CN1CCN(C(=O)c2cn[nH]c2-c2ccc(F)cc2)CC1. The Morgan fingerprint density at radius 2 is 1.96 bits per heavy atom. The van der Waals surface area contributed by atoms with Crippen LogP contribution in [0.5, 0.6) is 0 Å². The summed E-state index contributed by atoms with van der Waals surface area (Å²) in [4.78, 5) is 16.7. The number of nitrogens with one attached hydrogen (secondary N) is 1. The molecule has 0 aliphatic carbocycles. The minimum Gasteiger partial charge on any atom is -0.392 e. The molecule has 0 spiro atoms. The molecular formula is C17H21FN4O2. The van der Waals surface area contributed by atoms with Crippen LogP contribution in [0.2, 0.25) is 0 Å². The number of benzene rings is 1. The summed E-state index contributed by atoms with van der Waals surface area (Å²) in [6.07, 6.45) is 1.15. The number of aromatic nitrogens is 2. The second kappa shape index (κ2) is 7.11. The third kappa shape index (κ3) is 3.63. The fourth-order valence-electron chi connectivity index (χ4n) is 2.96. The van der Waals surface area contributed by atoms with Gasteiger partial charge in [0.05, 0.1) is 23.6 Å². The highest BCUT2D eigenvalue weighted by molar-refractivity contribution is 5.99. The molecule has 1 unspecified atom stereocenters. The first-order chi connectivity index (χ1) is 11.5. The lowest BCUT2D eigenvalue weighted by Gasteiger charge is -2.35. The number of aliphatic hydroxyl groups is 1. The van der Waals surface area contributed by atoms with Crippen molar-refractivity contribution in [1.82, 2.24) is 20.0 Å². The van der Waals surface area contributed by atoms with E-state index in [9.17, 15) is 14.3 Å². The Morgan fingerprint density at radius 3 is 2.58 bits per heavy atom. The van der Waals surface area contributed by atoms with Gasteiger partial charge in [-0.3, -0.25) is 14.8 Å².